The summed E-state index contributed by atoms with van der Waals surface area (Å²) in [7, 11) is 0. The van der Waals surface area contributed by atoms with Crippen molar-refractivity contribution in [2.75, 3.05) is 13.1 Å². The third kappa shape index (κ3) is 1.90. The van der Waals surface area contributed by atoms with Crippen LogP contribution in [0.25, 0.3) is 0 Å². The van der Waals surface area contributed by atoms with Crippen LogP contribution in [-0.4, -0.2) is 40.1 Å². The van der Waals surface area contributed by atoms with E-state index in [9.17, 15) is 9.59 Å². The smallest absolute Gasteiger partial charge is 0.310 e. The molecule has 1 aliphatic rings. The Kier molecular flexibility index (Phi) is 2.87. The van der Waals surface area contributed by atoms with Gasteiger partial charge in [-0.2, -0.15) is 0 Å². The van der Waals surface area contributed by atoms with Gasteiger partial charge < -0.3 is 14.5 Å². The molecule has 0 unspecified atom stereocenters. The number of rotatable bonds is 3. The minimum atomic E-state index is -0.855. The molecular weight excluding hydrogens is 224 g/mol. The lowest BCUT2D eigenvalue weighted by molar-refractivity contribution is -0.146. The van der Waals surface area contributed by atoms with Crippen LogP contribution in [0.4, 0.5) is 0 Å². The fraction of sp³-hybridized carbons (Fsp3) is 0.545. The van der Waals surface area contributed by atoms with E-state index < -0.39 is 11.9 Å². The lowest BCUT2D eigenvalue weighted by Crippen LogP contribution is -2.53. The second kappa shape index (κ2) is 4.20. The van der Waals surface area contributed by atoms with Crippen molar-refractivity contribution in [3.63, 3.8) is 0 Å². The first-order valence-corrected chi connectivity index (χ1v) is 5.51. The van der Waals surface area contributed by atoms with E-state index in [2.05, 4.69) is 5.16 Å². The number of hydrogen-bond donors (Lipinski definition) is 1. The predicted molar refractivity (Wildman–Crippen MR) is 57.6 cm³/mol. The summed E-state index contributed by atoms with van der Waals surface area (Å²) in [5.74, 6) is -0.986. The molecule has 6 heteroatoms. The quantitative estimate of drug-likeness (QED) is 0.838. The number of amides is 1. The van der Waals surface area contributed by atoms with Crippen molar-refractivity contribution in [2.24, 2.45) is 5.92 Å². The number of aliphatic carboxylic acids is 1. The maximum absolute atomic E-state index is 12.1. The van der Waals surface area contributed by atoms with Crippen molar-refractivity contribution >= 4 is 11.9 Å². The van der Waals surface area contributed by atoms with Crippen LogP contribution in [0.5, 0.6) is 0 Å². The third-order valence-electron chi connectivity index (χ3n) is 3.00. The Balaban J connectivity index is 2.11. The largest absolute Gasteiger partial charge is 0.481 e. The number of hydrogen-bond acceptors (Lipinski definition) is 4. The summed E-state index contributed by atoms with van der Waals surface area (Å²) in [4.78, 5) is 24.3. The molecule has 0 spiro atoms. The molecule has 0 aromatic carbocycles. The van der Waals surface area contributed by atoms with Gasteiger partial charge in [0.25, 0.3) is 5.91 Å². The highest BCUT2D eigenvalue weighted by Crippen LogP contribution is 2.22. The van der Waals surface area contributed by atoms with Crippen molar-refractivity contribution in [3.05, 3.63) is 17.0 Å². The lowest BCUT2D eigenvalue weighted by Gasteiger charge is -2.36. The summed E-state index contributed by atoms with van der Waals surface area (Å²) in [5.41, 5.74) is 1.11. The van der Waals surface area contributed by atoms with Crippen LogP contribution < -0.4 is 0 Å². The van der Waals surface area contributed by atoms with Gasteiger partial charge in [-0.1, -0.05) is 12.1 Å². The topological polar surface area (TPSA) is 83.6 Å². The van der Waals surface area contributed by atoms with E-state index in [0.29, 0.717) is 23.4 Å². The van der Waals surface area contributed by atoms with Gasteiger partial charge in [-0.05, 0) is 13.3 Å². The standard InChI is InChI=1S/C11H14N2O4/c1-3-8-9(6(2)17-12-8)10(14)13-4-7(5-13)11(15)16/h7H,3-5H2,1-2H3,(H,15,16). The van der Waals surface area contributed by atoms with Crippen molar-refractivity contribution in [1.82, 2.24) is 10.1 Å². The van der Waals surface area contributed by atoms with Crippen LogP contribution in [0, 0.1) is 12.8 Å². The number of aromatic nitrogens is 1. The van der Waals surface area contributed by atoms with E-state index >= 15 is 0 Å². The number of carboxylic acid groups (broad SMARTS) is 1. The number of carboxylic acids is 1. The van der Waals surface area contributed by atoms with E-state index in [4.69, 9.17) is 9.63 Å². The Morgan fingerprint density at radius 2 is 2.18 bits per heavy atom. The van der Waals surface area contributed by atoms with Gasteiger partial charge in [0.1, 0.15) is 11.3 Å². The zero-order chi connectivity index (χ0) is 12.6. The zero-order valence-electron chi connectivity index (χ0n) is 9.77. The monoisotopic (exact) mass is 238 g/mol. The molecule has 1 fully saturated rings. The highest BCUT2D eigenvalue weighted by molar-refractivity contribution is 5.97. The number of nitrogens with zero attached hydrogens (tertiary/aromatic N) is 2. The SMILES string of the molecule is CCc1noc(C)c1C(=O)N1CC(C(=O)O)C1. The van der Waals surface area contributed by atoms with E-state index in [-0.39, 0.29) is 19.0 Å². The molecule has 92 valence electrons. The summed E-state index contributed by atoms with van der Waals surface area (Å²) < 4.78 is 4.99. The first-order valence-electron chi connectivity index (χ1n) is 5.51. The van der Waals surface area contributed by atoms with Gasteiger partial charge in [-0.15, -0.1) is 0 Å². The highest BCUT2D eigenvalue weighted by atomic mass is 16.5. The van der Waals surface area contributed by atoms with Crippen LogP contribution in [-0.2, 0) is 11.2 Å². The van der Waals surface area contributed by atoms with E-state index in [1.54, 1.807) is 6.92 Å². The molecule has 1 aromatic heterocycles. The molecular formula is C11H14N2O4. The summed E-state index contributed by atoms with van der Waals surface area (Å²) in [6.45, 7) is 4.11. The van der Waals surface area contributed by atoms with E-state index in [0.717, 1.165) is 0 Å². The molecule has 0 bridgehead atoms. The lowest BCUT2D eigenvalue weighted by atomic mass is 9.98. The van der Waals surface area contributed by atoms with Crippen LogP contribution >= 0.6 is 0 Å². The maximum atomic E-state index is 12.1. The average Bonchev–Trinajstić information content (AvgIpc) is 2.56. The number of likely N-dealkylation sites (tertiary alicyclic amines) is 1. The summed E-state index contributed by atoms with van der Waals surface area (Å²) >= 11 is 0. The van der Waals surface area contributed by atoms with Gasteiger partial charge in [0.2, 0.25) is 0 Å². The first kappa shape index (κ1) is 11.6. The van der Waals surface area contributed by atoms with Crippen molar-refractivity contribution in [3.8, 4) is 0 Å². The Bertz CT molecular complexity index is 460. The molecule has 1 saturated heterocycles. The molecule has 1 aromatic rings. The summed E-state index contributed by atoms with van der Waals surface area (Å²) in [5, 5.41) is 12.6. The number of aryl methyl sites for hydroxylation is 2. The molecule has 0 aliphatic carbocycles. The van der Waals surface area contributed by atoms with Gasteiger partial charge in [-0.25, -0.2) is 0 Å². The zero-order valence-corrected chi connectivity index (χ0v) is 9.77. The van der Waals surface area contributed by atoms with Crippen molar-refractivity contribution in [1.29, 1.82) is 0 Å². The van der Waals surface area contributed by atoms with Gasteiger partial charge >= 0.3 is 5.97 Å². The van der Waals surface area contributed by atoms with Gasteiger partial charge in [-0.3, -0.25) is 9.59 Å². The molecule has 0 radical (unpaired) electrons. The highest BCUT2D eigenvalue weighted by Gasteiger charge is 2.37. The number of carbonyl (C=O) groups excluding carboxylic acids is 1. The molecule has 0 atom stereocenters. The van der Waals surface area contributed by atoms with Crippen LogP contribution in [0.1, 0.15) is 28.7 Å². The Morgan fingerprint density at radius 1 is 1.53 bits per heavy atom. The summed E-state index contributed by atoms with van der Waals surface area (Å²) in [6, 6.07) is 0. The predicted octanol–water partition coefficient (Wildman–Crippen LogP) is 0.702. The Hall–Kier alpha value is -1.85. The normalized spacial score (nSPS) is 15.8. The summed E-state index contributed by atoms with van der Waals surface area (Å²) in [6.07, 6.45) is 0.620. The molecule has 1 amide bonds. The van der Waals surface area contributed by atoms with Crippen molar-refractivity contribution in [2.45, 2.75) is 20.3 Å². The van der Waals surface area contributed by atoms with Crippen LogP contribution in [0.2, 0.25) is 0 Å². The minimum absolute atomic E-state index is 0.182. The van der Waals surface area contributed by atoms with Gasteiger partial charge in [0.05, 0.1) is 11.6 Å². The van der Waals surface area contributed by atoms with Gasteiger partial charge in [0.15, 0.2) is 0 Å². The molecule has 1 N–H and O–H groups in total. The van der Waals surface area contributed by atoms with Gasteiger partial charge in [0, 0.05) is 13.1 Å². The van der Waals surface area contributed by atoms with Crippen molar-refractivity contribution < 1.29 is 19.2 Å². The van der Waals surface area contributed by atoms with E-state index in [1.165, 1.54) is 4.90 Å². The first-order chi connectivity index (χ1) is 8.04. The second-order valence-corrected chi connectivity index (χ2v) is 4.16. The second-order valence-electron chi connectivity index (χ2n) is 4.16. The molecule has 17 heavy (non-hydrogen) atoms. The minimum Gasteiger partial charge on any atom is -0.481 e. The molecule has 6 nitrogen and oxygen atoms in total. The van der Waals surface area contributed by atoms with E-state index in [1.807, 2.05) is 6.92 Å². The average molecular weight is 238 g/mol. The number of carbonyl (C=O) groups is 2. The fourth-order valence-corrected chi connectivity index (χ4v) is 1.89. The third-order valence-corrected chi connectivity index (χ3v) is 3.00. The molecule has 1 aliphatic heterocycles. The Labute approximate surface area is 98.2 Å². The molecule has 2 rings (SSSR count). The fourth-order valence-electron chi connectivity index (χ4n) is 1.89. The maximum Gasteiger partial charge on any atom is 0.310 e. The van der Waals surface area contributed by atoms with Crippen LogP contribution in [0.15, 0.2) is 4.52 Å². The molecule has 2 heterocycles. The van der Waals surface area contributed by atoms with Crippen LogP contribution in [0.3, 0.4) is 0 Å². The Morgan fingerprint density at radius 3 is 2.71 bits per heavy atom. The molecule has 0 saturated carbocycles.